The molecule has 4 aromatic rings. The Morgan fingerprint density at radius 2 is 1.76 bits per heavy atom. The maximum absolute atomic E-state index is 13.1. The van der Waals surface area contributed by atoms with Crippen molar-refractivity contribution in [2.45, 2.75) is 50.6 Å². The Morgan fingerprint density at radius 1 is 1.03 bits per heavy atom. The monoisotopic (exact) mass is 463 g/mol. The van der Waals surface area contributed by atoms with Crippen molar-refractivity contribution in [3.63, 3.8) is 0 Å². The van der Waals surface area contributed by atoms with Gasteiger partial charge in [-0.3, -0.25) is 18.6 Å². The topological polar surface area (TPSA) is 81.3 Å². The number of benzene rings is 2. The number of hydrogen-bond acceptors (Lipinski definition) is 5. The number of carbonyl (C=O) groups excluding carboxylic acids is 1. The molecule has 0 aliphatic rings. The molecule has 0 fully saturated rings. The van der Waals surface area contributed by atoms with Gasteiger partial charge >= 0.3 is 0 Å². The number of fused-ring (bicyclic) bond motifs is 3. The standard InChI is InChI=1S/C25H29N5O2S/c1-17(2)14-16-29-23(32)20-11-7-8-12-21(20)30-24(29)27-28-25(30)33-18(3)22(31)26-15-13-19-9-5-4-6-10-19/h4-12,17-18H,13-16H2,1-3H3,(H,26,31). The van der Waals surface area contributed by atoms with Crippen LogP contribution in [0.2, 0.25) is 0 Å². The summed E-state index contributed by atoms with van der Waals surface area (Å²) in [7, 11) is 0. The van der Waals surface area contributed by atoms with Crippen LogP contribution < -0.4 is 10.9 Å². The number of rotatable bonds is 9. The van der Waals surface area contributed by atoms with Gasteiger partial charge in [0.25, 0.3) is 5.56 Å². The van der Waals surface area contributed by atoms with Crippen LogP contribution in [0.3, 0.4) is 0 Å². The van der Waals surface area contributed by atoms with Gasteiger partial charge in [-0.15, -0.1) is 10.2 Å². The third-order valence-electron chi connectivity index (χ3n) is 5.62. The minimum atomic E-state index is -0.358. The fourth-order valence-electron chi connectivity index (χ4n) is 3.73. The second-order valence-corrected chi connectivity index (χ2v) is 9.87. The SMILES string of the molecule is CC(C)CCn1c(=O)c2ccccc2n2c(SC(C)C(=O)NCCc3ccccc3)nnc12. The molecule has 172 valence electrons. The predicted octanol–water partition coefficient (Wildman–Crippen LogP) is 3.93. The van der Waals surface area contributed by atoms with Crippen LogP contribution in [-0.4, -0.2) is 36.9 Å². The number of nitrogens with one attached hydrogen (secondary N) is 1. The Hall–Kier alpha value is -3.13. The number of para-hydroxylation sites is 1. The smallest absolute Gasteiger partial charge is 0.262 e. The quantitative estimate of drug-likeness (QED) is 0.381. The summed E-state index contributed by atoms with van der Waals surface area (Å²) in [6.45, 7) is 7.27. The van der Waals surface area contributed by atoms with Gasteiger partial charge in [-0.05, 0) is 43.4 Å². The number of amides is 1. The molecule has 0 radical (unpaired) electrons. The first-order valence-electron chi connectivity index (χ1n) is 11.3. The molecule has 1 N–H and O–H groups in total. The van der Waals surface area contributed by atoms with Crippen LogP contribution in [0, 0.1) is 5.92 Å². The molecule has 33 heavy (non-hydrogen) atoms. The lowest BCUT2D eigenvalue weighted by Crippen LogP contribution is -2.32. The van der Waals surface area contributed by atoms with Crippen molar-refractivity contribution >= 4 is 34.3 Å². The van der Waals surface area contributed by atoms with Crippen LogP contribution in [-0.2, 0) is 17.8 Å². The molecular formula is C25H29N5O2S. The Kier molecular flexibility index (Phi) is 7.13. The predicted molar refractivity (Wildman–Crippen MR) is 133 cm³/mol. The van der Waals surface area contributed by atoms with Crippen molar-refractivity contribution in [3.8, 4) is 0 Å². The summed E-state index contributed by atoms with van der Waals surface area (Å²) in [5.74, 6) is 0.920. The summed E-state index contributed by atoms with van der Waals surface area (Å²) in [6, 6.07) is 17.6. The molecule has 7 nitrogen and oxygen atoms in total. The fourth-order valence-corrected chi connectivity index (χ4v) is 4.61. The highest BCUT2D eigenvalue weighted by Gasteiger charge is 2.21. The highest BCUT2D eigenvalue weighted by atomic mass is 32.2. The molecule has 2 aromatic heterocycles. The molecule has 0 saturated carbocycles. The van der Waals surface area contributed by atoms with Gasteiger partial charge in [-0.2, -0.15) is 0 Å². The van der Waals surface area contributed by atoms with E-state index in [0.29, 0.717) is 35.3 Å². The lowest BCUT2D eigenvalue weighted by molar-refractivity contribution is -0.120. The first-order chi connectivity index (χ1) is 16.0. The van der Waals surface area contributed by atoms with Crippen LogP contribution in [0.5, 0.6) is 0 Å². The normalized spacial score (nSPS) is 12.5. The number of carbonyl (C=O) groups is 1. The average Bonchev–Trinajstić information content (AvgIpc) is 3.23. The first-order valence-corrected chi connectivity index (χ1v) is 12.2. The van der Waals surface area contributed by atoms with Gasteiger partial charge < -0.3 is 5.32 Å². The van der Waals surface area contributed by atoms with Crippen molar-refractivity contribution in [1.82, 2.24) is 24.5 Å². The van der Waals surface area contributed by atoms with E-state index in [1.54, 1.807) is 4.57 Å². The van der Waals surface area contributed by atoms with E-state index in [2.05, 4.69) is 41.5 Å². The van der Waals surface area contributed by atoms with Crippen LogP contribution in [0.25, 0.3) is 16.7 Å². The van der Waals surface area contributed by atoms with Crippen LogP contribution in [0.1, 0.15) is 32.8 Å². The molecular weight excluding hydrogens is 434 g/mol. The second-order valence-electron chi connectivity index (χ2n) is 8.56. The van der Waals surface area contributed by atoms with Crippen LogP contribution in [0.15, 0.2) is 64.5 Å². The summed E-state index contributed by atoms with van der Waals surface area (Å²) in [6.07, 6.45) is 1.65. The summed E-state index contributed by atoms with van der Waals surface area (Å²) in [4.78, 5) is 25.9. The number of hydrogen-bond donors (Lipinski definition) is 1. The molecule has 1 atom stereocenters. The summed E-state index contributed by atoms with van der Waals surface area (Å²) in [5, 5.41) is 12.6. The lowest BCUT2D eigenvalue weighted by atomic mass is 10.1. The van der Waals surface area contributed by atoms with E-state index in [1.165, 1.54) is 17.3 Å². The third-order valence-corrected chi connectivity index (χ3v) is 6.66. The van der Waals surface area contributed by atoms with E-state index >= 15 is 0 Å². The van der Waals surface area contributed by atoms with Gasteiger partial charge in [0.2, 0.25) is 11.7 Å². The van der Waals surface area contributed by atoms with Crippen molar-refractivity contribution in [2.75, 3.05) is 6.54 Å². The van der Waals surface area contributed by atoms with Crippen LogP contribution >= 0.6 is 11.8 Å². The molecule has 0 saturated heterocycles. The number of aromatic nitrogens is 4. The van der Waals surface area contributed by atoms with Gasteiger partial charge in [0, 0.05) is 13.1 Å². The van der Waals surface area contributed by atoms with E-state index in [4.69, 9.17) is 0 Å². The zero-order valence-electron chi connectivity index (χ0n) is 19.2. The highest BCUT2D eigenvalue weighted by Crippen LogP contribution is 2.25. The Bertz CT molecular complexity index is 1310. The maximum Gasteiger partial charge on any atom is 0.262 e. The first kappa shape index (κ1) is 23.0. The van der Waals surface area contributed by atoms with Crippen molar-refractivity contribution in [1.29, 1.82) is 0 Å². The fraction of sp³-hybridized carbons (Fsp3) is 0.360. The molecule has 4 rings (SSSR count). The Morgan fingerprint density at radius 3 is 2.52 bits per heavy atom. The third kappa shape index (κ3) is 5.11. The molecule has 1 unspecified atom stereocenters. The van der Waals surface area contributed by atoms with Gasteiger partial charge in [0.05, 0.1) is 16.2 Å². The van der Waals surface area contributed by atoms with E-state index in [0.717, 1.165) is 18.4 Å². The van der Waals surface area contributed by atoms with E-state index in [1.807, 2.05) is 53.8 Å². The van der Waals surface area contributed by atoms with Crippen LogP contribution in [0.4, 0.5) is 0 Å². The molecule has 0 aliphatic carbocycles. The van der Waals surface area contributed by atoms with Gasteiger partial charge in [-0.25, -0.2) is 0 Å². The molecule has 8 heteroatoms. The van der Waals surface area contributed by atoms with E-state index in [-0.39, 0.29) is 16.7 Å². The Labute approximate surface area is 197 Å². The highest BCUT2D eigenvalue weighted by molar-refractivity contribution is 8.00. The minimum absolute atomic E-state index is 0.0508. The lowest BCUT2D eigenvalue weighted by Gasteiger charge is -2.14. The number of nitrogens with zero attached hydrogens (tertiary/aromatic N) is 4. The molecule has 2 aromatic carbocycles. The molecule has 2 heterocycles. The van der Waals surface area contributed by atoms with Crippen molar-refractivity contribution < 1.29 is 4.79 Å². The molecule has 0 aliphatic heterocycles. The van der Waals surface area contributed by atoms with E-state index < -0.39 is 0 Å². The number of aryl methyl sites for hydroxylation is 1. The minimum Gasteiger partial charge on any atom is -0.355 e. The van der Waals surface area contributed by atoms with Crippen molar-refractivity contribution in [2.24, 2.45) is 5.92 Å². The maximum atomic E-state index is 13.1. The zero-order chi connectivity index (χ0) is 23.4. The van der Waals surface area contributed by atoms with Crippen molar-refractivity contribution in [3.05, 3.63) is 70.5 Å². The van der Waals surface area contributed by atoms with E-state index in [9.17, 15) is 9.59 Å². The molecule has 0 spiro atoms. The summed E-state index contributed by atoms with van der Waals surface area (Å²) >= 11 is 1.35. The second kappa shape index (κ2) is 10.2. The van der Waals surface area contributed by atoms with Gasteiger partial charge in [0.1, 0.15) is 0 Å². The Balaban J connectivity index is 1.57. The molecule has 1 amide bonds. The zero-order valence-corrected chi connectivity index (χ0v) is 20.0. The molecule has 0 bridgehead atoms. The average molecular weight is 464 g/mol. The summed E-state index contributed by atoms with van der Waals surface area (Å²) in [5.41, 5.74) is 1.88. The largest absolute Gasteiger partial charge is 0.355 e. The summed E-state index contributed by atoms with van der Waals surface area (Å²) < 4.78 is 3.60. The van der Waals surface area contributed by atoms with Gasteiger partial charge in [-0.1, -0.05) is 68.1 Å². The van der Waals surface area contributed by atoms with Gasteiger partial charge in [0.15, 0.2) is 5.16 Å². The number of thioether (sulfide) groups is 1.